The summed E-state index contributed by atoms with van der Waals surface area (Å²) in [5, 5.41) is 12.6. The molecule has 0 amide bonds. The van der Waals surface area contributed by atoms with Gasteiger partial charge in [0, 0.05) is 42.6 Å². The third kappa shape index (κ3) is 4.07. The number of ether oxygens (including phenoxy) is 1. The molecule has 136 valence electrons. The molecule has 2 heterocycles. The van der Waals surface area contributed by atoms with Gasteiger partial charge in [-0.15, -0.1) is 0 Å². The minimum absolute atomic E-state index is 0.286. The van der Waals surface area contributed by atoms with Gasteiger partial charge in [-0.25, -0.2) is 0 Å². The second-order valence-corrected chi connectivity index (χ2v) is 7.08. The first-order valence-corrected chi connectivity index (χ1v) is 9.37. The molecular formula is C20H23ClN4O. The van der Waals surface area contributed by atoms with Gasteiger partial charge < -0.3 is 10.1 Å². The fourth-order valence-electron chi connectivity index (χ4n) is 3.51. The second kappa shape index (κ2) is 8.18. The summed E-state index contributed by atoms with van der Waals surface area (Å²) in [5.41, 5.74) is 3.56. The molecule has 0 spiro atoms. The minimum atomic E-state index is 0.286. The molecule has 1 aliphatic heterocycles. The molecule has 2 N–H and O–H groups in total. The van der Waals surface area contributed by atoms with E-state index in [0.717, 1.165) is 55.3 Å². The number of morpholine rings is 1. The number of aromatic amines is 1. The molecule has 1 aromatic heterocycles. The number of H-pyrrole nitrogens is 1. The normalized spacial score (nSPS) is 16.8. The highest BCUT2D eigenvalue weighted by molar-refractivity contribution is 6.30. The summed E-state index contributed by atoms with van der Waals surface area (Å²) >= 11 is 6.23. The predicted octanol–water partition coefficient (Wildman–Crippen LogP) is 3.38. The van der Waals surface area contributed by atoms with Gasteiger partial charge in [0.25, 0.3) is 0 Å². The first-order valence-electron chi connectivity index (χ1n) is 8.99. The van der Waals surface area contributed by atoms with Crippen LogP contribution in [0.5, 0.6) is 0 Å². The number of rotatable bonds is 6. The molecule has 0 bridgehead atoms. The van der Waals surface area contributed by atoms with Crippen molar-refractivity contribution in [3.8, 4) is 0 Å². The van der Waals surface area contributed by atoms with E-state index in [-0.39, 0.29) is 6.04 Å². The van der Waals surface area contributed by atoms with Crippen molar-refractivity contribution in [1.29, 1.82) is 0 Å². The summed E-state index contributed by atoms with van der Waals surface area (Å²) in [6, 6.07) is 14.9. The van der Waals surface area contributed by atoms with Crippen LogP contribution in [-0.2, 0) is 11.3 Å². The number of hydrogen-bond donors (Lipinski definition) is 2. The fraction of sp³-hybridized carbons (Fsp3) is 0.350. The van der Waals surface area contributed by atoms with Gasteiger partial charge in [0.15, 0.2) is 0 Å². The standard InChI is InChI=1S/C20H23ClN4O/c21-18-3-1-2-16(11-18)20(25-6-8-26-9-7-25)14-22-12-15-4-5-17-13-23-24-19(17)10-15/h1-5,10-11,13,20,22H,6-9,12,14H2,(H,23,24). The van der Waals surface area contributed by atoms with Crippen LogP contribution in [0.4, 0.5) is 0 Å². The quantitative estimate of drug-likeness (QED) is 0.698. The van der Waals surface area contributed by atoms with Crippen molar-refractivity contribution in [2.45, 2.75) is 12.6 Å². The Hall–Kier alpha value is -1.92. The molecule has 6 heteroatoms. The van der Waals surface area contributed by atoms with Crippen LogP contribution in [0.3, 0.4) is 0 Å². The fourth-order valence-corrected chi connectivity index (χ4v) is 3.71. The van der Waals surface area contributed by atoms with E-state index in [1.54, 1.807) is 0 Å². The average Bonchev–Trinajstić information content (AvgIpc) is 3.14. The van der Waals surface area contributed by atoms with Gasteiger partial charge in [-0.05, 0) is 29.3 Å². The van der Waals surface area contributed by atoms with Crippen molar-refractivity contribution in [2.24, 2.45) is 0 Å². The molecule has 2 aromatic carbocycles. The van der Waals surface area contributed by atoms with Crippen LogP contribution in [-0.4, -0.2) is 47.9 Å². The van der Waals surface area contributed by atoms with E-state index >= 15 is 0 Å². The lowest BCUT2D eigenvalue weighted by atomic mass is 10.0. The van der Waals surface area contributed by atoms with E-state index in [9.17, 15) is 0 Å². The van der Waals surface area contributed by atoms with Crippen molar-refractivity contribution < 1.29 is 4.74 Å². The van der Waals surface area contributed by atoms with Gasteiger partial charge >= 0.3 is 0 Å². The summed E-state index contributed by atoms with van der Waals surface area (Å²) in [6.07, 6.45) is 1.85. The highest BCUT2D eigenvalue weighted by Gasteiger charge is 2.22. The summed E-state index contributed by atoms with van der Waals surface area (Å²) in [7, 11) is 0. The predicted molar refractivity (Wildman–Crippen MR) is 104 cm³/mol. The Morgan fingerprint density at radius 3 is 2.92 bits per heavy atom. The first kappa shape index (κ1) is 17.5. The number of hydrogen-bond acceptors (Lipinski definition) is 4. The van der Waals surface area contributed by atoms with Crippen molar-refractivity contribution in [3.63, 3.8) is 0 Å². The molecule has 1 atom stereocenters. The lowest BCUT2D eigenvalue weighted by Gasteiger charge is -2.35. The smallest absolute Gasteiger partial charge is 0.0653 e. The second-order valence-electron chi connectivity index (χ2n) is 6.64. The van der Waals surface area contributed by atoms with Gasteiger partial charge in [-0.2, -0.15) is 5.10 Å². The van der Waals surface area contributed by atoms with Gasteiger partial charge in [0.2, 0.25) is 0 Å². The van der Waals surface area contributed by atoms with Crippen LogP contribution < -0.4 is 5.32 Å². The van der Waals surface area contributed by atoms with Crippen LogP contribution >= 0.6 is 11.6 Å². The molecule has 5 nitrogen and oxygen atoms in total. The Labute approximate surface area is 158 Å². The van der Waals surface area contributed by atoms with Gasteiger partial charge in [-0.1, -0.05) is 35.9 Å². The summed E-state index contributed by atoms with van der Waals surface area (Å²) in [5.74, 6) is 0. The number of fused-ring (bicyclic) bond motifs is 1. The Morgan fingerprint density at radius 1 is 1.19 bits per heavy atom. The Balaban J connectivity index is 1.45. The third-order valence-corrected chi connectivity index (χ3v) is 5.13. The molecule has 26 heavy (non-hydrogen) atoms. The maximum absolute atomic E-state index is 6.23. The molecular weight excluding hydrogens is 348 g/mol. The minimum Gasteiger partial charge on any atom is -0.379 e. The van der Waals surface area contributed by atoms with Crippen molar-refractivity contribution >= 4 is 22.5 Å². The van der Waals surface area contributed by atoms with E-state index in [0.29, 0.717) is 0 Å². The number of nitrogens with zero attached hydrogens (tertiary/aromatic N) is 2. The molecule has 0 aliphatic carbocycles. The van der Waals surface area contributed by atoms with Crippen molar-refractivity contribution in [1.82, 2.24) is 20.4 Å². The van der Waals surface area contributed by atoms with Crippen LogP contribution in [0.1, 0.15) is 17.2 Å². The average molecular weight is 371 g/mol. The van der Waals surface area contributed by atoms with Crippen LogP contribution in [0.15, 0.2) is 48.7 Å². The maximum Gasteiger partial charge on any atom is 0.0653 e. The van der Waals surface area contributed by atoms with Crippen molar-refractivity contribution in [3.05, 3.63) is 64.8 Å². The SMILES string of the molecule is Clc1cccc(C(CNCc2ccc3cn[nH]c3c2)N2CCOCC2)c1. The third-order valence-electron chi connectivity index (χ3n) is 4.89. The zero-order valence-corrected chi connectivity index (χ0v) is 15.4. The van der Waals surface area contributed by atoms with Crippen LogP contribution in [0, 0.1) is 0 Å². The highest BCUT2D eigenvalue weighted by Crippen LogP contribution is 2.24. The zero-order valence-electron chi connectivity index (χ0n) is 14.6. The lowest BCUT2D eigenvalue weighted by Crippen LogP contribution is -2.42. The molecule has 1 fully saturated rings. The van der Waals surface area contributed by atoms with E-state index in [2.05, 4.69) is 50.7 Å². The van der Waals surface area contributed by atoms with Gasteiger partial charge in [0.1, 0.15) is 0 Å². The molecule has 0 radical (unpaired) electrons. The van der Waals surface area contributed by atoms with Gasteiger partial charge in [-0.3, -0.25) is 10.00 Å². The first-order chi connectivity index (χ1) is 12.8. The number of benzene rings is 2. The Kier molecular flexibility index (Phi) is 5.51. The molecule has 1 unspecified atom stereocenters. The van der Waals surface area contributed by atoms with E-state index < -0.39 is 0 Å². The Morgan fingerprint density at radius 2 is 2.08 bits per heavy atom. The molecule has 0 saturated carbocycles. The molecule has 1 aliphatic rings. The van der Waals surface area contributed by atoms with E-state index in [4.69, 9.17) is 16.3 Å². The number of halogens is 1. The summed E-state index contributed by atoms with van der Waals surface area (Å²) in [4.78, 5) is 2.47. The summed E-state index contributed by atoms with van der Waals surface area (Å²) < 4.78 is 5.52. The number of nitrogens with one attached hydrogen (secondary N) is 2. The summed E-state index contributed by atoms with van der Waals surface area (Å²) in [6.45, 7) is 5.14. The maximum atomic E-state index is 6.23. The van der Waals surface area contributed by atoms with Gasteiger partial charge in [0.05, 0.1) is 24.9 Å². The number of aromatic nitrogens is 2. The zero-order chi connectivity index (χ0) is 17.8. The highest BCUT2D eigenvalue weighted by atomic mass is 35.5. The van der Waals surface area contributed by atoms with Crippen molar-refractivity contribution in [2.75, 3.05) is 32.8 Å². The largest absolute Gasteiger partial charge is 0.379 e. The van der Waals surface area contributed by atoms with E-state index in [1.165, 1.54) is 11.1 Å². The topological polar surface area (TPSA) is 53.2 Å². The molecule has 3 aromatic rings. The van der Waals surface area contributed by atoms with E-state index in [1.807, 2.05) is 18.3 Å². The molecule has 1 saturated heterocycles. The van der Waals surface area contributed by atoms with Crippen LogP contribution in [0.2, 0.25) is 5.02 Å². The van der Waals surface area contributed by atoms with Crippen LogP contribution in [0.25, 0.3) is 10.9 Å². The molecule has 4 rings (SSSR count). The monoisotopic (exact) mass is 370 g/mol. The Bertz CT molecular complexity index is 860. The lowest BCUT2D eigenvalue weighted by molar-refractivity contribution is 0.0161.